The fourth-order valence-electron chi connectivity index (χ4n) is 4.13. The Morgan fingerprint density at radius 3 is 2.16 bits per heavy atom. The Labute approximate surface area is 212 Å². The second-order valence-electron chi connectivity index (χ2n) is 8.53. The minimum atomic E-state index is -1.000. The van der Waals surface area contributed by atoms with Crippen molar-refractivity contribution in [2.75, 3.05) is 0 Å². The number of carbonyl (C=O) groups excluding carboxylic acids is 2. The van der Waals surface area contributed by atoms with Gasteiger partial charge in [-0.2, -0.15) is 0 Å². The maximum Gasteiger partial charge on any atom is 0.335 e. The number of hydrogen-bond donors (Lipinski definition) is 2. The van der Waals surface area contributed by atoms with Crippen molar-refractivity contribution in [1.82, 2.24) is 4.90 Å². The molecule has 1 aliphatic rings. The van der Waals surface area contributed by atoms with Crippen LogP contribution in [0.5, 0.6) is 0 Å². The molecule has 0 fully saturated rings. The third-order valence-corrected chi connectivity index (χ3v) is 6.06. The molecule has 0 saturated heterocycles. The van der Waals surface area contributed by atoms with Gasteiger partial charge in [-0.25, -0.2) is 4.79 Å². The summed E-state index contributed by atoms with van der Waals surface area (Å²) < 4.78 is 5.96. The molecule has 0 radical (unpaired) electrons. The highest BCUT2D eigenvalue weighted by atomic mass is 16.4. The molecule has 0 atom stereocenters. The molecule has 3 N–H and O–H groups in total. The number of benzene rings is 3. The molecule has 7 nitrogen and oxygen atoms in total. The van der Waals surface area contributed by atoms with Gasteiger partial charge in [0, 0.05) is 16.7 Å². The van der Waals surface area contributed by atoms with Gasteiger partial charge in [-0.3, -0.25) is 9.59 Å². The maximum atomic E-state index is 13.5. The summed E-state index contributed by atoms with van der Waals surface area (Å²) in [6, 6.07) is 26.4. The molecule has 0 saturated carbocycles. The van der Waals surface area contributed by atoms with Crippen molar-refractivity contribution in [3.63, 3.8) is 0 Å². The lowest BCUT2D eigenvalue weighted by molar-refractivity contribution is -0.123. The Bertz CT molecular complexity index is 1550. The molecule has 1 aliphatic heterocycles. The van der Waals surface area contributed by atoms with Crippen molar-refractivity contribution >= 4 is 29.6 Å². The normalized spacial score (nSPS) is 14.2. The van der Waals surface area contributed by atoms with Crippen LogP contribution in [0.15, 0.2) is 107 Å². The molecule has 0 unspecified atom stereocenters. The van der Waals surface area contributed by atoms with E-state index in [4.69, 9.17) is 15.3 Å². The molecular formula is C30H22N2O5. The summed E-state index contributed by atoms with van der Waals surface area (Å²) in [6.07, 6.45) is 3.52. The molecular weight excluding hydrogens is 468 g/mol. The minimum Gasteiger partial charge on any atom is -0.478 e. The average Bonchev–Trinajstić information content (AvgIpc) is 3.50. The van der Waals surface area contributed by atoms with Gasteiger partial charge >= 0.3 is 5.97 Å². The first kappa shape index (κ1) is 23.6. The van der Waals surface area contributed by atoms with Crippen LogP contribution < -0.4 is 5.73 Å². The minimum absolute atomic E-state index is 0.189. The lowest BCUT2D eigenvalue weighted by Gasteiger charge is -2.21. The molecule has 2 amide bonds. The molecule has 4 aromatic rings. The molecule has 0 aliphatic carbocycles. The first-order valence-electron chi connectivity index (χ1n) is 11.5. The van der Waals surface area contributed by atoms with E-state index in [-0.39, 0.29) is 18.0 Å². The molecule has 7 heteroatoms. The number of aromatic carboxylic acids is 1. The van der Waals surface area contributed by atoms with E-state index in [2.05, 4.69) is 0 Å². The van der Waals surface area contributed by atoms with Crippen LogP contribution in [0.3, 0.4) is 0 Å². The molecule has 0 bridgehead atoms. The molecule has 0 spiro atoms. The Morgan fingerprint density at radius 2 is 1.51 bits per heavy atom. The molecule has 182 valence electrons. The van der Waals surface area contributed by atoms with E-state index in [1.54, 1.807) is 59.5 Å². The predicted octanol–water partition coefficient (Wildman–Crippen LogP) is 5.21. The van der Waals surface area contributed by atoms with Crippen molar-refractivity contribution in [3.8, 4) is 11.3 Å². The van der Waals surface area contributed by atoms with Crippen LogP contribution in [-0.4, -0.2) is 27.8 Å². The van der Waals surface area contributed by atoms with E-state index >= 15 is 0 Å². The fraction of sp³-hybridized carbons (Fsp3) is 0.0333. The number of hydrogen-bond acceptors (Lipinski definition) is 4. The van der Waals surface area contributed by atoms with Gasteiger partial charge in [0.25, 0.3) is 5.91 Å². The Balaban J connectivity index is 1.44. The van der Waals surface area contributed by atoms with Gasteiger partial charge in [0.1, 0.15) is 11.5 Å². The van der Waals surface area contributed by atoms with Crippen LogP contribution in [0.25, 0.3) is 23.1 Å². The van der Waals surface area contributed by atoms with Crippen LogP contribution in [-0.2, 0) is 11.3 Å². The summed E-state index contributed by atoms with van der Waals surface area (Å²) in [7, 11) is 0. The fourth-order valence-corrected chi connectivity index (χ4v) is 4.13. The van der Waals surface area contributed by atoms with E-state index in [1.807, 2.05) is 36.4 Å². The van der Waals surface area contributed by atoms with Gasteiger partial charge in [-0.1, -0.05) is 54.6 Å². The largest absolute Gasteiger partial charge is 0.478 e. The van der Waals surface area contributed by atoms with Gasteiger partial charge in [-0.05, 0) is 59.7 Å². The number of rotatable bonds is 7. The van der Waals surface area contributed by atoms with Gasteiger partial charge in [0.2, 0.25) is 5.91 Å². The number of nitrogens with two attached hydrogens (primary N) is 1. The topological polar surface area (TPSA) is 114 Å². The third-order valence-electron chi connectivity index (χ3n) is 6.06. The maximum absolute atomic E-state index is 13.5. The van der Waals surface area contributed by atoms with E-state index in [9.17, 15) is 14.4 Å². The van der Waals surface area contributed by atoms with Crippen LogP contribution in [0.1, 0.15) is 37.6 Å². The smallest absolute Gasteiger partial charge is 0.335 e. The zero-order valence-electron chi connectivity index (χ0n) is 19.6. The number of primary amides is 1. The zero-order chi connectivity index (χ0) is 25.9. The number of nitrogens with zero attached hydrogens (tertiary/aromatic N) is 1. The number of furan rings is 1. The lowest BCUT2D eigenvalue weighted by atomic mass is 10.1. The Hall–Kier alpha value is -5.17. The highest BCUT2D eigenvalue weighted by molar-refractivity contribution is 6.10. The first-order valence-corrected chi connectivity index (χ1v) is 11.5. The van der Waals surface area contributed by atoms with Crippen LogP contribution in [0, 0.1) is 0 Å². The third kappa shape index (κ3) is 4.97. The Morgan fingerprint density at radius 1 is 0.838 bits per heavy atom. The van der Waals surface area contributed by atoms with Crippen molar-refractivity contribution in [3.05, 3.63) is 131 Å². The van der Waals surface area contributed by atoms with Crippen molar-refractivity contribution in [1.29, 1.82) is 0 Å². The quantitative estimate of drug-likeness (QED) is 0.345. The summed E-state index contributed by atoms with van der Waals surface area (Å²) in [6.45, 7) is 0.284. The standard InChI is InChI=1S/C30H22N2O5/c31-28(33)22-12-10-21(11-13-22)27-15-14-25(37-27)16-24-17-26(20-4-2-1-3-5-20)32(29(24)34)18-19-6-8-23(9-7-19)30(35)36/h1-17H,18H2,(H2,31,33)(H,35,36). The average molecular weight is 491 g/mol. The molecule has 37 heavy (non-hydrogen) atoms. The summed E-state index contributed by atoms with van der Waals surface area (Å²) in [4.78, 5) is 37.7. The summed E-state index contributed by atoms with van der Waals surface area (Å²) in [5.74, 6) is -0.588. The molecule has 1 aromatic heterocycles. The van der Waals surface area contributed by atoms with Crippen LogP contribution >= 0.6 is 0 Å². The summed E-state index contributed by atoms with van der Waals surface area (Å²) in [5.41, 5.74) is 9.58. The van der Waals surface area contributed by atoms with Gasteiger partial charge in [0.15, 0.2) is 0 Å². The van der Waals surface area contributed by atoms with Gasteiger partial charge < -0.3 is 20.2 Å². The van der Waals surface area contributed by atoms with Gasteiger partial charge in [0.05, 0.1) is 17.8 Å². The number of amides is 2. The second-order valence-corrected chi connectivity index (χ2v) is 8.53. The monoisotopic (exact) mass is 490 g/mol. The van der Waals surface area contributed by atoms with E-state index in [0.29, 0.717) is 22.7 Å². The Kier molecular flexibility index (Phi) is 6.26. The first-order chi connectivity index (χ1) is 17.9. The van der Waals surface area contributed by atoms with E-state index in [0.717, 1.165) is 22.4 Å². The predicted molar refractivity (Wildman–Crippen MR) is 139 cm³/mol. The number of carbonyl (C=O) groups is 3. The number of carboxylic acid groups (broad SMARTS) is 1. The molecule has 3 aromatic carbocycles. The van der Waals surface area contributed by atoms with Crippen LogP contribution in [0.4, 0.5) is 0 Å². The highest BCUT2D eigenvalue weighted by Gasteiger charge is 2.29. The lowest BCUT2D eigenvalue weighted by Crippen LogP contribution is -2.25. The van der Waals surface area contributed by atoms with Gasteiger partial charge in [-0.15, -0.1) is 0 Å². The molecule has 5 rings (SSSR count). The highest BCUT2D eigenvalue weighted by Crippen LogP contribution is 2.33. The van der Waals surface area contributed by atoms with Crippen molar-refractivity contribution < 1.29 is 23.9 Å². The van der Waals surface area contributed by atoms with E-state index in [1.165, 1.54) is 12.1 Å². The number of carboxylic acids is 1. The van der Waals surface area contributed by atoms with Crippen molar-refractivity contribution in [2.45, 2.75) is 6.54 Å². The zero-order valence-corrected chi connectivity index (χ0v) is 19.6. The van der Waals surface area contributed by atoms with E-state index < -0.39 is 11.9 Å². The summed E-state index contributed by atoms with van der Waals surface area (Å²) in [5, 5.41) is 9.17. The van der Waals surface area contributed by atoms with Crippen molar-refractivity contribution in [2.24, 2.45) is 5.73 Å². The SMILES string of the molecule is NC(=O)c1ccc(-c2ccc(C=C3C=C(c4ccccc4)N(Cc4ccc(C(=O)O)cc4)C3=O)o2)cc1. The van der Waals surface area contributed by atoms with Crippen LogP contribution in [0.2, 0.25) is 0 Å². The second kappa shape index (κ2) is 9.83. The molecule has 2 heterocycles. The summed E-state index contributed by atoms with van der Waals surface area (Å²) >= 11 is 0.